The zero-order valence-corrected chi connectivity index (χ0v) is 13.0. The highest BCUT2D eigenvalue weighted by Gasteiger charge is 2.33. The van der Waals surface area contributed by atoms with Crippen molar-refractivity contribution in [2.24, 2.45) is 11.8 Å². The standard InChI is InChI=1S/C16H17N3O5/c1-2-12-7-17-14(20)18-13(12)19(15(21)23-8-10-3-4-10)16(22)24-9-11-5-6-11/h1,7,10-11H,3-6,8-9H2,(H,17,18,20). The number of ether oxygens (including phenoxy) is 2. The maximum absolute atomic E-state index is 12.3. The fraction of sp³-hybridized carbons (Fsp3) is 0.500. The molecule has 2 aliphatic rings. The second-order valence-electron chi connectivity index (χ2n) is 5.97. The smallest absolute Gasteiger partial charge is 0.425 e. The molecule has 1 aromatic heterocycles. The molecule has 2 fully saturated rings. The number of rotatable bonds is 5. The zero-order chi connectivity index (χ0) is 17.1. The van der Waals surface area contributed by atoms with Crippen LogP contribution in [-0.4, -0.2) is 35.4 Å². The van der Waals surface area contributed by atoms with Gasteiger partial charge in [0.15, 0.2) is 0 Å². The second kappa shape index (κ2) is 6.74. The van der Waals surface area contributed by atoms with Gasteiger partial charge in [0, 0.05) is 0 Å². The van der Waals surface area contributed by atoms with Gasteiger partial charge in [-0.3, -0.25) is 4.98 Å². The minimum absolute atomic E-state index is 0.0846. The number of terminal acetylenes is 1. The summed E-state index contributed by atoms with van der Waals surface area (Å²) in [7, 11) is 0. The summed E-state index contributed by atoms with van der Waals surface area (Å²) in [5.41, 5.74) is -0.652. The number of anilines is 1. The molecule has 1 aromatic rings. The number of imide groups is 1. The van der Waals surface area contributed by atoms with Gasteiger partial charge in [0.1, 0.15) is 5.82 Å². The monoisotopic (exact) mass is 331 g/mol. The maximum Gasteiger partial charge on any atom is 0.425 e. The molecule has 0 unspecified atom stereocenters. The van der Waals surface area contributed by atoms with Crippen molar-refractivity contribution < 1.29 is 19.1 Å². The molecule has 2 saturated carbocycles. The lowest BCUT2D eigenvalue weighted by Gasteiger charge is -2.20. The van der Waals surface area contributed by atoms with Crippen LogP contribution in [0.2, 0.25) is 0 Å². The summed E-state index contributed by atoms with van der Waals surface area (Å²) in [6.45, 7) is 0.428. The predicted octanol–water partition coefficient (Wildman–Crippen LogP) is 1.65. The third-order valence-electron chi connectivity index (χ3n) is 3.81. The first-order chi connectivity index (χ1) is 11.6. The van der Waals surface area contributed by atoms with Crippen LogP contribution in [-0.2, 0) is 9.47 Å². The molecule has 0 bridgehead atoms. The Bertz CT molecular complexity index is 715. The molecule has 2 amide bonds. The van der Waals surface area contributed by atoms with Gasteiger partial charge >= 0.3 is 17.9 Å². The van der Waals surface area contributed by atoms with Crippen molar-refractivity contribution in [3.63, 3.8) is 0 Å². The molecular weight excluding hydrogens is 314 g/mol. The van der Waals surface area contributed by atoms with Crippen molar-refractivity contribution in [1.82, 2.24) is 9.97 Å². The molecule has 8 nitrogen and oxygen atoms in total. The highest BCUT2D eigenvalue weighted by atomic mass is 16.6. The Morgan fingerprint density at radius 1 is 1.21 bits per heavy atom. The third kappa shape index (κ3) is 3.93. The van der Waals surface area contributed by atoms with Crippen LogP contribution in [0.1, 0.15) is 31.2 Å². The third-order valence-corrected chi connectivity index (χ3v) is 3.81. The van der Waals surface area contributed by atoms with E-state index in [-0.39, 0.29) is 24.6 Å². The van der Waals surface area contributed by atoms with Crippen LogP contribution in [0.3, 0.4) is 0 Å². The van der Waals surface area contributed by atoms with E-state index >= 15 is 0 Å². The Morgan fingerprint density at radius 2 is 1.75 bits per heavy atom. The van der Waals surface area contributed by atoms with Gasteiger partial charge in [-0.1, -0.05) is 5.92 Å². The fourth-order valence-electron chi connectivity index (χ4n) is 2.00. The molecule has 3 rings (SSSR count). The quantitative estimate of drug-likeness (QED) is 0.823. The summed E-state index contributed by atoms with van der Waals surface area (Å²) >= 11 is 0. The first-order valence-corrected chi connectivity index (χ1v) is 7.78. The van der Waals surface area contributed by atoms with Crippen LogP contribution in [0, 0.1) is 24.2 Å². The summed E-state index contributed by atoms with van der Waals surface area (Å²) in [5.74, 6) is 2.75. The number of carbonyl (C=O) groups is 2. The van der Waals surface area contributed by atoms with Crippen LogP contribution in [0.15, 0.2) is 11.0 Å². The van der Waals surface area contributed by atoms with Crippen LogP contribution in [0.4, 0.5) is 15.4 Å². The molecule has 0 saturated heterocycles. The Morgan fingerprint density at radius 3 is 2.21 bits per heavy atom. The lowest BCUT2D eigenvalue weighted by Crippen LogP contribution is -2.40. The first kappa shape index (κ1) is 16.1. The highest BCUT2D eigenvalue weighted by molar-refractivity contribution is 6.09. The first-order valence-electron chi connectivity index (χ1n) is 7.78. The Hall–Kier alpha value is -2.82. The summed E-state index contributed by atoms with van der Waals surface area (Å²) in [4.78, 5) is 42.6. The van der Waals surface area contributed by atoms with Gasteiger partial charge in [0.2, 0.25) is 0 Å². The lowest BCUT2D eigenvalue weighted by atomic mass is 10.3. The molecular formula is C16H17N3O5. The van der Waals surface area contributed by atoms with Gasteiger partial charge in [-0.15, -0.1) is 6.42 Å². The largest absolute Gasteiger partial charge is 0.448 e. The molecule has 0 aromatic carbocycles. The number of nitrogens with zero attached hydrogens (tertiary/aromatic N) is 2. The lowest BCUT2D eigenvalue weighted by molar-refractivity contribution is 0.129. The van der Waals surface area contributed by atoms with E-state index in [9.17, 15) is 14.4 Å². The Labute approximate surface area is 138 Å². The van der Waals surface area contributed by atoms with Crippen molar-refractivity contribution in [3.8, 4) is 12.3 Å². The predicted molar refractivity (Wildman–Crippen MR) is 83.4 cm³/mol. The van der Waals surface area contributed by atoms with Crippen molar-refractivity contribution >= 4 is 18.0 Å². The van der Waals surface area contributed by atoms with Gasteiger partial charge in [0.25, 0.3) is 0 Å². The highest BCUT2D eigenvalue weighted by Crippen LogP contribution is 2.30. The summed E-state index contributed by atoms with van der Waals surface area (Å²) < 4.78 is 10.3. The SMILES string of the molecule is C#Cc1cnc(=O)[nH]c1N(C(=O)OCC1CC1)C(=O)OCC1CC1. The van der Waals surface area contributed by atoms with Gasteiger partial charge in [0.05, 0.1) is 25.0 Å². The van der Waals surface area contributed by atoms with Crippen molar-refractivity contribution in [1.29, 1.82) is 0 Å². The zero-order valence-electron chi connectivity index (χ0n) is 13.0. The topological polar surface area (TPSA) is 102 Å². The molecule has 2 aliphatic carbocycles. The minimum Gasteiger partial charge on any atom is -0.448 e. The number of aromatic nitrogens is 2. The van der Waals surface area contributed by atoms with E-state index in [0.717, 1.165) is 31.9 Å². The van der Waals surface area contributed by atoms with Gasteiger partial charge in [-0.25, -0.2) is 19.4 Å². The second-order valence-corrected chi connectivity index (χ2v) is 5.97. The average molecular weight is 331 g/mol. The normalized spacial score (nSPS) is 16.1. The molecule has 0 aliphatic heterocycles. The molecule has 0 radical (unpaired) electrons. The summed E-state index contributed by atoms with van der Waals surface area (Å²) in [6.07, 6.45) is 8.56. The number of carbonyl (C=O) groups excluding carboxylic acids is 2. The Balaban J connectivity index is 1.83. The number of aromatic amines is 1. The molecule has 1 heterocycles. The van der Waals surface area contributed by atoms with Crippen molar-refractivity contribution in [3.05, 3.63) is 22.2 Å². The average Bonchev–Trinajstić information content (AvgIpc) is 3.46. The maximum atomic E-state index is 12.3. The van der Waals surface area contributed by atoms with E-state index in [1.54, 1.807) is 0 Å². The molecule has 1 N–H and O–H groups in total. The van der Waals surface area contributed by atoms with E-state index < -0.39 is 17.9 Å². The van der Waals surface area contributed by atoms with E-state index in [1.165, 1.54) is 0 Å². The number of hydrogen-bond acceptors (Lipinski definition) is 6. The van der Waals surface area contributed by atoms with E-state index in [2.05, 4.69) is 15.9 Å². The number of hydrogen-bond donors (Lipinski definition) is 1. The van der Waals surface area contributed by atoms with Crippen LogP contribution in [0.25, 0.3) is 0 Å². The van der Waals surface area contributed by atoms with E-state index in [0.29, 0.717) is 16.7 Å². The molecule has 0 spiro atoms. The van der Waals surface area contributed by atoms with Crippen molar-refractivity contribution in [2.75, 3.05) is 18.1 Å². The van der Waals surface area contributed by atoms with E-state index in [1.807, 2.05) is 0 Å². The molecule has 0 atom stereocenters. The molecule has 126 valence electrons. The van der Waals surface area contributed by atoms with Crippen molar-refractivity contribution in [2.45, 2.75) is 25.7 Å². The van der Waals surface area contributed by atoms with Gasteiger partial charge < -0.3 is 9.47 Å². The number of H-pyrrole nitrogens is 1. The summed E-state index contributed by atoms with van der Waals surface area (Å²) in [6, 6.07) is 0. The van der Waals surface area contributed by atoms with E-state index in [4.69, 9.17) is 15.9 Å². The van der Waals surface area contributed by atoms with Crippen LogP contribution >= 0.6 is 0 Å². The fourth-order valence-corrected chi connectivity index (χ4v) is 2.00. The van der Waals surface area contributed by atoms with Crippen LogP contribution in [0.5, 0.6) is 0 Å². The number of nitrogens with one attached hydrogen (secondary N) is 1. The minimum atomic E-state index is -0.930. The molecule has 8 heteroatoms. The molecule has 24 heavy (non-hydrogen) atoms. The summed E-state index contributed by atoms with van der Waals surface area (Å²) in [5, 5.41) is 0. The Kier molecular flexibility index (Phi) is 4.51. The van der Waals surface area contributed by atoms with Gasteiger partial charge in [-0.05, 0) is 37.5 Å². The van der Waals surface area contributed by atoms with Crippen LogP contribution < -0.4 is 10.6 Å². The van der Waals surface area contributed by atoms with Gasteiger partial charge in [-0.2, -0.15) is 4.90 Å². The number of amides is 2.